The second-order valence-corrected chi connectivity index (χ2v) is 9.27. The summed E-state index contributed by atoms with van der Waals surface area (Å²) in [5.41, 5.74) is 1.36. The van der Waals surface area contributed by atoms with E-state index < -0.39 is 0 Å². The van der Waals surface area contributed by atoms with Crippen LogP contribution in [0.2, 0.25) is 5.02 Å². The Labute approximate surface area is 210 Å². The van der Waals surface area contributed by atoms with E-state index >= 15 is 0 Å². The molecule has 4 rings (SSSR count). The Kier molecular flexibility index (Phi) is 7.87. The molecule has 1 atom stereocenters. The summed E-state index contributed by atoms with van der Waals surface area (Å²) in [5, 5.41) is 12.7. The van der Waals surface area contributed by atoms with Gasteiger partial charge < -0.3 is 19.4 Å². The minimum atomic E-state index is -0.280. The first kappa shape index (κ1) is 24.9. The smallest absolute Gasteiger partial charge is 0.270 e. The summed E-state index contributed by atoms with van der Waals surface area (Å²) >= 11 is 6.53. The number of hydrogen-bond donors (Lipinski definition) is 1. The van der Waals surface area contributed by atoms with E-state index in [9.17, 15) is 4.79 Å². The summed E-state index contributed by atoms with van der Waals surface area (Å²) in [6.45, 7) is 7.12. The third-order valence-corrected chi connectivity index (χ3v) is 6.57. The number of carbonyl (C=O) groups excluding carboxylic acids is 1. The topological polar surface area (TPSA) is 94.4 Å². The van der Waals surface area contributed by atoms with Crippen LogP contribution in [0.4, 0.5) is 0 Å². The van der Waals surface area contributed by atoms with Crippen molar-refractivity contribution in [3.05, 3.63) is 64.5 Å². The van der Waals surface area contributed by atoms with Crippen molar-refractivity contribution in [3.8, 4) is 11.5 Å². The van der Waals surface area contributed by atoms with Crippen LogP contribution in [0, 0.1) is 5.92 Å². The first-order chi connectivity index (χ1) is 16.9. The molecule has 0 fully saturated rings. The summed E-state index contributed by atoms with van der Waals surface area (Å²) in [7, 11) is 3.21. The maximum absolute atomic E-state index is 12.8. The zero-order chi connectivity index (χ0) is 24.9. The quantitative estimate of drug-likeness (QED) is 0.507. The van der Waals surface area contributed by atoms with E-state index in [0.717, 1.165) is 36.7 Å². The van der Waals surface area contributed by atoms with E-state index in [1.165, 1.54) is 0 Å². The fourth-order valence-electron chi connectivity index (χ4n) is 4.28. The van der Waals surface area contributed by atoms with Crippen molar-refractivity contribution in [3.63, 3.8) is 0 Å². The average molecular weight is 499 g/mol. The van der Waals surface area contributed by atoms with Crippen molar-refractivity contribution in [2.24, 2.45) is 5.92 Å². The first-order valence-corrected chi connectivity index (χ1v) is 12.1. The Morgan fingerprint density at radius 3 is 2.57 bits per heavy atom. The minimum absolute atomic E-state index is 0.126. The molecule has 1 aromatic carbocycles. The Bertz CT molecular complexity index is 1170. The number of hydrogen-bond acceptors (Lipinski definition) is 7. The van der Waals surface area contributed by atoms with E-state index in [4.69, 9.17) is 21.1 Å². The fraction of sp³-hybridized carbons (Fsp3) is 0.440. The van der Waals surface area contributed by atoms with Gasteiger partial charge in [0.05, 0.1) is 20.3 Å². The lowest BCUT2D eigenvalue weighted by Crippen LogP contribution is -2.34. The molecule has 1 N–H and O–H groups in total. The number of amides is 1. The third kappa shape index (κ3) is 5.57. The SMILES string of the molecule is COc1cc(Cl)c(CN2CCc3nnc([C@H](NC(=O)c4ccccn4)C(C)C)n3CC2)cc1OC. The molecule has 0 radical (unpaired) electrons. The molecular formula is C25H31ClN6O3. The Hall–Kier alpha value is -3.17. The van der Waals surface area contributed by atoms with Gasteiger partial charge in [0.1, 0.15) is 11.5 Å². The van der Waals surface area contributed by atoms with Crippen molar-refractivity contribution in [1.29, 1.82) is 0 Å². The lowest BCUT2D eigenvalue weighted by atomic mass is 10.0. The molecule has 186 valence electrons. The van der Waals surface area contributed by atoms with Gasteiger partial charge in [0.15, 0.2) is 17.3 Å². The summed E-state index contributed by atoms with van der Waals surface area (Å²) in [4.78, 5) is 19.3. The van der Waals surface area contributed by atoms with Crippen molar-refractivity contribution >= 4 is 17.5 Å². The van der Waals surface area contributed by atoms with Gasteiger partial charge in [0.2, 0.25) is 0 Å². The number of benzene rings is 1. The number of ether oxygens (including phenoxy) is 2. The van der Waals surface area contributed by atoms with Gasteiger partial charge in [-0.05, 0) is 29.7 Å². The zero-order valence-corrected chi connectivity index (χ0v) is 21.2. The van der Waals surface area contributed by atoms with E-state index in [0.29, 0.717) is 35.3 Å². The molecule has 2 aromatic heterocycles. The normalized spacial score (nSPS) is 14.8. The van der Waals surface area contributed by atoms with Gasteiger partial charge in [-0.15, -0.1) is 10.2 Å². The number of rotatable bonds is 8. The molecule has 0 saturated heterocycles. The number of nitrogens with zero attached hydrogens (tertiary/aromatic N) is 5. The van der Waals surface area contributed by atoms with Gasteiger partial charge in [-0.1, -0.05) is 31.5 Å². The Morgan fingerprint density at radius 1 is 1.11 bits per heavy atom. The van der Waals surface area contributed by atoms with Crippen LogP contribution in [-0.4, -0.2) is 57.9 Å². The van der Waals surface area contributed by atoms with Crippen LogP contribution in [0.15, 0.2) is 36.5 Å². The number of methoxy groups -OCH3 is 2. The van der Waals surface area contributed by atoms with Gasteiger partial charge in [0, 0.05) is 49.9 Å². The van der Waals surface area contributed by atoms with E-state index in [1.54, 1.807) is 44.7 Å². The summed E-state index contributed by atoms with van der Waals surface area (Å²) < 4.78 is 12.9. The van der Waals surface area contributed by atoms with Crippen molar-refractivity contribution in [2.75, 3.05) is 27.3 Å². The number of aromatic nitrogens is 4. The van der Waals surface area contributed by atoms with Gasteiger partial charge in [0.25, 0.3) is 5.91 Å². The zero-order valence-electron chi connectivity index (χ0n) is 20.5. The van der Waals surface area contributed by atoms with Crippen molar-refractivity contribution in [1.82, 2.24) is 30.0 Å². The van der Waals surface area contributed by atoms with Gasteiger partial charge in [-0.25, -0.2) is 0 Å². The molecule has 0 spiro atoms. The molecular weight excluding hydrogens is 468 g/mol. The highest BCUT2D eigenvalue weighted by atomic mass is 35.5. The molecule has 1 amide bonds. The minimum Gasteiger partial charge on any atom is -0.493 e. The van der Waals surface area contributed by atoms with Crippen LogP contribution in [0.1, 0.15) is 47.6 Å². The van der Waals surface area contributed by atoms with E-state index in [2.05, 4.69) is 43.8 Å². The number of halogens is 1. The predicted octanol–water partition coefficient (Wildman–Crippen LogP) is 3.53. The number of pyridine rings is 1. The number of carbonyl (C=O) groups is 1. The van der Waals surface area contributed by atoms with E-state index in [1.807, 2.05) is 6.07 Å². The second-order valence-electron chi connectivity index (χ2n) is 8.86. The monoisotopic (exact) mass is 498 g/mol. The van der Waals surface area contributed by atoms with E-state index in [-0.39, 0.29) is 17.9 Å². The lowest BCUT2D eigenvalue weighted by molar-refractivity contribution is 0.0916. The highest BCUT2D eigenvalue weighted by Crippen LogP contribution is 2.34. The van der Waals surface area contributed by atoms with Gasteiger partial charge in [-0.2, -0.15) is 0 Å². The predicted molar refractivity (Wildman–Crippen MR) is 133 cm³/mol. The molecule has 35 heavy (non-hydrogen) atoms. The Balaban J connectivity index is 1.49. The molecule has 3 heterocycles. The summed E-state index contributed by atoms with van der Waals surface area (Å²) in [5.74, 6) is 2.86. The average Bonchev–Trinajstić information content (AvgIpc) is 3.16. The van der Waals surface area contributed by atoms with Crippen molar-refractivity contribution < 1.29 is 14.3 Å². The standard InChI is InChI=1S/C25H31ClN6O3/c1-16(2)23(28-25(33)19-7-5-6-9-27-19)24-30-29-22-8-10-31(11-12-32(22)24)15-17-13-20(34-3)21(35-4)14-18(17)26/h5-7,9,13-14,16,23H,8,10-12,15H2,1-4H3,(H,28,33)/t23-/m1/s1. The fourth-order valence-corrected chi connectivity index (χ4v) is 4.49. The lowest BCUT2D eigenvalue weighted by Gasteiger charge is -2.23. The largest absolute Gasteiger partial charge is 0.493 e. The van der Waals surface area contributed by atoms with Crippen LogP contribution in [0.3, 0.4) is 0 Å². The Morgan fingerprint density at radius 2 is 1.89 bits per heavy atom. The molecule has 9 nitrogen and oxygen atoms in total. The highest BCUT2D eigenvalue weighted by molar-refractivity contribution is 6.31. The molecule has 3 aromatic rings. The summed E-state index contributed by atoms with van der Waals surface area (Å²) in [6.07, 6.45) is 2.36. The molecule has 10 heteroatoms. The van der Waals surface area contributed by atoms with Crippen LogP contribution in [-0.2, 0) is 19.5 Å². The molecule has 1 aliphatic heterocycles. The van der Waals surface area contributed by atoms with Gasteiger partial charge in [-0.3, -0.25) is 14.7 Å². The maximum atomic E-state index is 12.8. The first-order valence-electron chi connectivity index (χ1n) is 11.7. The molecule has 0 aliphatic carbocycles. The highest BCUT2D eigenvalue weighted by Gasteiger charge is 2.28. The van der Waals surface area contributed by atoms with Crippen LogP contribution >= 0.6 is 11.6 Å². The number of nitrogens with one attached hydrogen (secondary N) is 1. The van der Waals surface area contributed by atoms with Crippen LogP contribution in [0.5, 0.6) is 11.5 Å². The van der Waals surface area contributed by atoms with Crippen LogP contribution < -0.4 is 14.8 Å². The molecule has 0 saturated carbocycles. The maximum Gasteiger partial charge on any atom is 0.270 e. The van der Waals surface area contributed by atoms with Gasteiger partial charge >= 0.3 is 0 Å². The molecule has 0 bridgehead atoms. The molecule has 0 unspecified atom stereocenters. The summed E-state index contributed by atoms with van der Waals surface area (Å²) in [6, 6.07) is 8.73. The molecule has 1 aliphatic rings. The van der Waals surface area contributed by atoms with Crippen molar-refractivity contribution in [2.45, 2.75) is 39.4 Å². The van der Waals surface area contributed by atoms with Crippen LogP contribution in [0.25, 0.3) is 0 Å². The third-order valence-electron chi connectivity index (χ3n) is 6.22. The number of fused-ring (bicyclic) bond motifs is 1. The second kappa shape index (κ2) is 11.0.